The van der Waals surface area contributed by atoms with Crippen molar-refractivity contribution in [3.63, 3.8) is 0 Å². The third-order valence-electron chi connectivity index (χ3n) is 2.60. The summed E-state index contributed by atoms with van der Waals surface area (Å²) >= 11 is 0. The van der Waals surface area contributed by atoms with E-state index >= 15 is 0 Å². The molecular formula is C13H15NO4. The molecule has 1 saturated heterocycles. The van der Waals surface area contributed by atoms with Crippen molar-refractivity contribution in [2.24, 2.45) is 0 Å². The number of carbonyl (C=O) groups excluding carboxylic acids is 2. The second-order valence-corrected chi connectivity index (χ2v) is 4.79. The van der Waals surface area contributed by atoms with Crippen LogP contribution in [-0.2, 0) is 19.1 Å². The highest BCUT2D eigenvalue weighted by Crippen LogP contribution is 2.24. The van der Waals surface area contributed by atoms with Crippen LogP contribution < -0.4 is 0 Å². The first-order chi connectivity index (χ1) is 8.28. The van der Waals surface area contributed by atoms with Gasteiger partial charge in [0.15, 0.2) is 0 Å². The number of rotatable bonds is 1. The van der Waals surface area contributed by atoms with E-state index in [0.29, 0.717) is 5.69 Å². The zero-order valence-corrected chi connectivity index (χ0v) is 10.8. The van der Waals surface area contributed by atoms with E-state index in [4.69, 9.17) is 9.47 Å². The lowest BCUT2D eigenvalue weighted by Gasteiger charge is -2.29. The van der Waals surface area contributed by atoms with Crippen LogP contribution in [0.4, 0.5) is 0 Å². The number of aryl methyl sites for hydroxylation is 2. The quantitative estimate of drug-likeness (QED) is 0.468. The summed E-state index contributed by atoms with van der Waals surface area (Å²) in [4.78, 5) is 26.5. The molecule has 0 spiro atoms. The molecule has 0 unspecified atom stereocenters. The summed E-state index contributed by atoms with van der Waals surface area (Å²) in [6, 6.07) is 1.93. The van der Waals surface area contributed by atoms with E-state index in [-0.39, 0.29) is 5.57 Å². The maximum atomic E-state index is 11.7. The Kier molecular flexibility index (Phi) is 2.77. The number of esters is 2. The van der Waals surface area contributed by atoms with Gasteiger partial charge >= 0.3 is 11.9 Å². The lowest BCUT2D eigenvalue weighted by Crippen LogP contribution is -2.41. The molecule has 2 rings (SSSR count). The first kappa shape index (κ1) is 12.4. The fraction of sp³-hybridized carbons (Fsp3) is 0.385. The zero-order valence-electron chi connectivity index (χ0n) is 10.8. The van der Waals surface area contributed by atoms with Gasteiger partial charge in [0, 0.05) is 25.2 Å². The first-order valence-electron chi connectivity index (χ1n) is 5.63. The molecule has 1 fully saturated rings. The average molecular weight is 249 g/mol. The second-order valence-electron chi connectivity index (χ2n) is 4.79. The number of ether oxygens (including phenoxy) is 2. The van der Waals surface area contributed by atoms with Crippen LogP contribution in [0.5, 0.6) is 0 Å². The largest absolute Gasteiger partial charge is 0.419 e. The van der Waals surface area contributed by atoms with Gasteiger partial charge in [0.05, 0.1) is 0 Å². The molecule has 0 aliphatic carbocycles. The van der Waals surface area contributed by atoms with E-state index in [9.17, 15) is 9.59 Å². The van der Waals surface area contributed by atoms with Crippen LogP contribution in [0.25, 0.3) is 6.08 Å². The molecule has 1 aromatic heterocycles. The maximum Gasteiger partial charge on any atom is 0.348 e. The summed E-state index contributed by atoms with van der Waals surface area (Å²) in [5, 5.41) is 0. The Labute approximate surface area is 105 Å². The minimum absolute atomic E-state index is 0.0979. The highest BCUT2D eigenvalue weighted by atomic mass is 16.7. The van der Waals surface area contributed by atoms with Crippen LogP contribution in [0.2, 0.25) is 0 Å². The molecule has 96 valence electrons. The molecule has 18 heavy (non-hydrogen) atoms. The normalized spacial score (nSPS) is 18.3. The lowest BCUT2D eigenvalue weighted by molar-refractivity contribution is -0.222. The number of H-pyrrole nitrogens is 1. The fourth-order valence-corrected chi connectivity index (χ4v) is 1.82. The Hall–Kier alpha value is -2.04. The van der Waals surface area contributed by atoms with E-state index in [1.54, 1.807) is 0 Å². The topological polar surface area (TPSA) is 68.4 Å². The molecule has 0 saturated carbocycles. The summed E-state index contributed by atoms with van der Waals surface area (Å²) in [7, 11) is 0. The van der Waals surface area contributed by atoms with Crippen LogP contribution in [0.15, 0.2) is 11.6 Å². The number of aromatic amines is 1. The summed E-state index contributed by atoms with van der Waals surface area (Å²) in [5.41, 5.74) is 2.51. The number of hydrogen-bond donors (Lipinski definition) is 1. The van der Waals surface area contributed by atoms with Crippen LogP contribution in [-0.4, -0.2) is 22.7 Å². The van der Waals surface area contributed by atoms with Crippen LogP contribution in [0, 0.1) is 13.8 Å². The van der Waals surface area contributed by atoms with Crippen LogP contribution in [0.3, 0.4) is 0 Å². The predicted octanol–water partition coefficient (Wildman–Crippen LogP) is 1.85. The second kappa shape index (κ2) is 4.01. The Morgan fingerprint density at radius 3 is 2.17 bits per heavy atom. The Balaban J connectivity index is 2.36. The smallest absolute Gasteiger partial charge is 0.348 e. The van der Waals surface area contributed by atoms with Crippen LogP contribution >= 0.6 is 0 Å². The van der Waals surface area contributed by atoms with Crippen molar-refractivity contribution in [1.82, 2.24) is 4.98 Å². The van der Waals surface area contributed by atoms with Gasteiger partial charge in [0.2, 0.25) is 0 Å². The summed E-state index contributed by atoms with van der Waals surface area (Å²) in [5.74, 6) is -2.53. The molecule has 1 N–H and O–H groups in total. The van der Waals surface area contributed by atoms with E-state index in [1.165, 1.54) is 19.9 Å². The van der Waals surface area contributed by atoms with E-state index in [0.717, 1.165) is 11.3 Å². The monoisotopic (exact) mass is 249 g/mol. The molecular weight excluding hydrogens is 234 g/mol. The van der Waals surface area contributed by atoms with Gasteiger partial charge in [-0.3, -0.25) is 0 Å². The van der Waals surface area contributed by atoms with E-state index in [2.05, 4.69) is 4.98 Å². The molecule has 1 aromatic rings. The molecule has 2 heterocycles. The third kappa shape index (κ3) is 2.30. The van der Waals surface area contributed by atoms with Gasteiger partial charge < -0.3 is 14.5 Å². The Morgan fingerprint density at radius 2 is 1.72 bits per heavy atom. The van der Waals surface area contributed by atoms with Gasteiger partial charge in [-0.15, -0.1) is 0 Å². The van der Waals surface area contributed by atoms with Crippen molar-refractivity contribution in [2.45, 2.75) is 33.5 Å². The molecule has 0 amide bonds. The lowest BCUT2D eigenvalue weighted by atomic mass is 10.1. The number of hydrogen-bond acceptors (Lipinski definition) is 4. The van der Waals surface area contributed by atoms with E-state index < -0.39 is 17.7 Å². The summed E-state index contributed by atoms with van der Waals surface area (Å²) in [6.07, 6.45) is 1.46. The summed E-state index contributed by atoms with van der Waals surface area (Å²) in [6.45, 7) is 6.82. The number of carbonyl (C=O) groups is 2. The molecule has 5 heteroatoms. The van der Waals surface area contributed by atoms with Gasteiger partial charge in [-0.1, -0.05) is 0 Å². The molecule has 1 aliphatic rings. The van der Waals surface area contributed by atoms with Crippen molar-refractivity contribution in [3.05, 3.63) is 28.6 Å². The molecule has 0 atom stereocenters. The maximum absolute atomic E-state index is 11.7. The van der Waals surface area contributed by atoms with Crippen molar-refractivity contribution in [1.29, 1.82) is 0 Å². The van der Waals surface area contributed by atoms with Gasteiger partial charge in [-0.25, -0.2) is 9.59 Å². The van der Waals surface area contributed by atoms with E-state index in [1.807, 2.05) is 19.9 Å². The number of aromatic nitrogens is 1. The van der Waals surface area contributed by atoms with Gasteiger partial charge in [0.25, 0.3) is 5.79 Å². The summed E-state index contributed by atoms with van der Waals surface area (Å²) < 4.78 is 10.0. The van der Waals surface area contributed by atoms with Crippen molar-refractivity contribution in [2.75, 3.05) is 0 Å². The average Bonchev–Trinajstić information content (AvgIpc) is 2.49. The zero-order chi connectivity index (χ0) is 13.5. The number of cyclic esters (lactones) is 2. The van der Waals surface area contributed by atoms with Crippen molar-refractivity contribution in [3.8, 4) is 0 Å². The Morgan fingerprint density at radius 1 is 1.17 bits per heavy atom. The predicted molar refractivity (Wildman–Crippen MR) is 64.5 cm³/mol. The molecule has 0 bridgehead atoms. The Bertz CT molecular complexity index is 529. The highest BCUT2D eigenvalue weighted by molar-refractivity contribution is 6.18. The minimum atomic E-state index is -1.20. The SMILES string of the molecule is Cc1cc(C)c(C=C2C(=O)OC(C)(C)OC2=O)[nH]1. The van der Waals surface area contributed by atoms with Crippen molar-refractivity contribution >= 4 is 18.0 Å². The number of nitrogens with one attached hydrogen (secondary N) is 1. The molecule has 1 aliphatic heterocycles. The first-order valence-corrected chi connectivity index (χ1v) is 5.63. The van der Waals surface area contributed by atoms with Gasteiger partial charge in [-0.05, 0) is 31.6 Å². The molecule has 0 aromatic carbocycles. The standard InChI is InChI=1S/C13H15NO4/c1-7-5-8(2)14-10(7)6-9-11(15)17-13(3,4)18-12(9)16/h5-6,14H,1-4H3. The van der Waals surface area contributed by atoms with Gasteiger partial charge in [-0.2, -0.15) is 0 Å². The minimum Gasteiger partial charge on any atom is -0.419 e. The fourth-order valence-electron chi connectivity index (χ4n) is 1.82. The highest BCUT2D eigenvalue weighted by Gasteiger charge is 2.38. The van der Waals surface area contributed by atoms with Crippen LogP contribution in [0.1, 0.15) is 30.8 Å². The molecule has 0 radical (unpaired) electrons. The molecule has 5 nitrogen and oxygen atoms in total. The van der Waals surface area contributed by atoms with Gasteiger partial charge in [0.1, 0.15) is 5.57 Å². The third-order valence-corrected chi connectivity index (χ3v) is 2.60. The van der Waals surface area contributed by atoms with Crippen molar-refractivity contribution < 1.29 is 19.1 Å².